The van der Waals surface area contributed by atoms with E-state index in [1.807, 2.05) is 0 Å². The number of rotatable bonds is 6. The molecule has 2 heterocycles. The highest BCUT2D eigenvalue weighted by atomic mass is 32.2. The Balaban J connectivity index is 1.64. The van der Waals surface area contributed by atoms with Gasteiger partial charge in [-0.25, -0.2) is 22.2 Å². The monoisotopic (exact) mass is 475 g/mol. The topological polar surface area (TPSA) is 121 Å². The van der Waals surface area contributed by atoms with Crippen LogP contribution in [0.15, 0.2) is 59.9 Å². The molecule has 1 unspecified atom stereocenters. The highest BCUT2D eigenvalue weighted by Crippen LogP contribution is 2.32. The van der Waals surface area contributed by atoms with Gasteiger partial charge in [0, 0.05) is 23.8 Å². The van der Waals surface area contributed by atoms with E-state index < -0.39 is 44.8 Å². The Morgan fingerprint density at radius 1 is 1.21 bits per heavy atom. The van der Waals surface area contributed by atoms with E-state index in [2.05, 4.69) is 16.3 Å². The molecule has 1 aliphatic carbocycles. The van der Waals surface area contributed by atoms with Crippen molar-refractivity contribution in [3.05, 3.63) is 82.6 Å². The van der Waals surface area contributed by atoms with E-state index in [0.29, 0.717) is 19.0 Å². The number of sulfonamides is 1. The summed E-state index contributed by atoms with van der Waals surface area (Å²) in [6.07, 6.45) is 3.59. The molecule has 1 aromatic heterocycles. The Labute approximate surface area is 188 Å². The van der Waals surface area contributed by atoms with Crippen LogP contribution in [0.1, 0.15) is 22.3 Å². The Morgan fingerprint density at radius 2 is 2.00 bits per heavy atom. The molecule has 0 spiro atoms. The molecule has 4 rings (SSSR count). The number of nitrogens with zero attached hydrogens (tertiary/aromatic N) is 1. The number of hydrogen-bond donors (Lipinski definition) is 2. The lowest BCUT2D eigenvalue weighted by Crippen LogP contribution is -2.31. The Bertz CT molecular complexity index is 1320. The zero-order chi connectivity index (χ0) is 23.8. The lowest BCUT2D eigenvalue weighted by molar-refractivity contribution is -0.0418. The number of fused-ring (bicyclic) bond motifs is 1. The Morgan fingerprint density at radius 3 is 2.76 bits per heavy atom. The second-order valence-corrected chi connectivity index (χ2v) is 8.98. The number of pyridine rings is 1. The largest absolute Gasteiger partial charge is 0.493 e. The minimum Gasteiger partial charge on any atom is -0.493 e. The maximum atomic E-state index is 15.2. The van der Waals surface area contributed by atoms with Crippen molar-refractivity contribution >= 4 is 32.9 Å². The SMILES string of the molecule is C=C(C(=O)c1c(F)ccc(NS(=O)(=O)C2=CC=C3OCCOC3C2)c1F)c1cccnc1N. The molecule has 0 radical (unpaired) electrons. The van der Waals surface area contributed by atoms with Crippen molar-refractivity contribution in [3.63, 3.8) is 0 Å². The molecule has 11 heteroatoms. The number of hydrogen-bond acceptors (Lipinski definition) is 7. The molecule has 2 aromatic rings. The third-order valence-corrected chi connectivity index (χ3v) is 6.64. The molecule has 33 heavy (non-hydrogen) atoms. The van der Waals surface area contributed by atoms with Crippen LogP contribution in [0.2, 0.25) is 0 Å². The molecule has 1 saturated heterocycles. The first-order chi connectivity index (χ1) is 15.7. The first-order valence-corrected chi connectivity index (χ1v) is 11.3. The Hall–Kier alpha value is -3.57. The van der Waals surface area contributed by atoms with E-state index in [-0.39, 0.29) is 28.3 Å². The molecule has 1 aliphatic heterocycles. The van der Waals surface area contributed by atoms with Gasteiger partial charge >= 0.3 is 0 Å². The number of nitrogen functional groups attached to an aromatic ring is 1. The molecule has 3 N–H and O–H groups in total. The zero-order valence-corrected chi connectivity index (χ0v) is 18.0. The van der Waals surface area contributed by atoms with Crippen molar-refractivity contribution in [1.82, 2.24) is 4.98 Å². The number of Topliss-reactive ketones (excluding diaryl/α,β-unsaturated/α-hetero) is 1. The third-order valence-electron chi connectivity index (χ3n) is 5.15. The van der Waals surface area contributed by atoms with Crippen LogP contribution in [-0.2, 0) is 19.5 Å². The maximum Gasteiger partial charge on any atom is 0.258 e. The molecule has 1 fully saturated rings. The van der Waals surface area contributed by atoms with Gasteiger partial charge in [0.1, 0.15) is 30.1 Å². The van der Waals surface area contributed by atoms with Crippen LogP contribution in [0.3, 0.4) is 0 Å². The number of benzene rings is 1. The second kappa shape index (κ2) is 8.75. The molecule has 2 aliphatic rings. The van der Waals surface area contributed by atoms with Crippen LogP contribution < -0.4 is 10.5 Å². The molecular formula is C22H19F2N3O5S. The quantitative estimate of drug-likeness (QED) is 0.486. The van der Waals surface area contributed by atoms with Gasteiger partial charge in [0.05, 0.1) is 22.8 Å². The van der Waals surface area contributed by atoms with E-state index in [1.54, 1.807) is 0 Å². The lowest BCUT2D eigenvalue weighted by Gasteiger charge is -2.29. The van der Waals surface area contributed by atoms with Gasteiger partial charge < -0.3 is 15.2 Å². The van der Waals surface area contributed by atoms with Gasteiger partial charge in [-0.05, 0) is 36.4 Å². The number of ketones is 1. The predicted molar refractivity (Wildman–Crippen MR) is 117 cm³/mol. The molecular weight excluding hydrogens is 456 g/mol. The van der Waals surface area contributed by atoms with Crippen LogP contribution in [-0.4, -0.2) is 38.5 Å². The van der Waals surface area contributed by atoms with Crippen molar-refractivity contribution in [2.24, 2.45) is 0 Å². The fourth-order valence-electron chi connectivity index (χ4n) is 3.46. The summed E-state index contributed by atoms with van der Waals surface area (Å²) in [7, 11) is -4.24. The number of anilines is 2. The van der Waals surface area contributed by atoms with Crippen LogP contribution >= 0.6 is 0 Å². The van der Waals surface area contributed by atoms with Crippen molar-refractivity contribution in [2.45, 2.75) is 12.5 Å². The molecule has 0 bridgehead atoms. The third kappa shape index (κ3) is 4.37. The summed E-state index contributed by atoms with van der Waals surface area (Å²) in [5.41, 5.74) is 3.98. The Kier molecular flexibility index (Phi) is 6.00. The minimum atomic E-state index is -4.24. The molecule has 0 saturated carbocycles. The summed E-state index contributed by atoms with van der Waals surface area (Å²) < 4.78 is 68.3. The van der Waals surface area contributed by atoms with Gasteiger partial charge in [-0.2, -0.15) is 0 Å². The van der Waals surface area contributed by atoms with E-state index in [0.717, 1.165) is 12.1 Å². The molecule has 1 aromatic carbocycles. The molecule has 0 amide bonds. The number of carbonyl (C=O) groups is 1. The van der Waals surface area contributed by atoms with E-state index in [1.165, 1.54) is 30.5 Å². The average molecular weight is 475 g/mol. The van der Waals surface area contributed by atoms with Crippen molar-refractivity contribution in [3.8, 4) is 0 Å². The summed E-state index contributed by atoms with van der Waals surface area (Å²) >= 11 is 0. The number of aromatic nitrogens is 1. The summed E-state index contributed by atoms with van der Waals surface area (Å²) in [4.78, 5) is 16.6. The number of halogens is 2. The first-order valence-electron chi connectivity index (χ1n) is 9.79. The summed E-state index contributed by atoms with van der Waals surface area (Å²) in [6, 6.07) is 4.60. The standard InChI is InChI=1S/C22H19F2N3O5S/c1-12(14-3-2-8-26-22(14)25)21(28)19-15(23)5-6-16(20(19)24)27-33(29,30)13-4-7-17-18(11-13)32-10-9-31-17/h2-8,18,27H,1,9-11H2,(H2,25,26). The van der Waals surface area contributed by atoms with Gasteiger partial charge in [-0.15, -0.1) is 0 Å². The van der Waals surface area contributed by atoms with Crippen LogP contribution in [0.25, 0.3) is 5.57 Å². The molecule has 172 valence electrons. The van der Waals surface area contributed by atoms with E-state index >= 15 is 4.39 Å². The van der Waals surface area contributed by atoms with Crippen molar-refractivity contribution < 1.29 is 31.5 Å². The highest BCUT2D eigenvalue weighted by Gasteiger charge is 2.32. The van der Waals surface area contributed by atoms with E-state index in [9.17, 15) is 17.6 Å². The van der Waals surface area contributed by atoms with Gasteiger partial charge in [-0.3, -0.25) is 9.52 Å². The minimum absolute atomic E-state index is 0.0210. The zero-order valence-electron chi connectivity index (χ0n) is 17.2. The summed E-state index contributed by atoms with van der Waals surface area (Å²) in [5, 5.41) is 0. The van der Waals surface area contributed by atoms with Gasteiger partial charge in [0.15, 0.2) is 11.6 Å². The molecule has 1 atom stereocenters. The number of allylic oxidation sites excluding steroid dienone is 3. The normalized spacial score (nSPS) is 17.8. The number of ether oxygens (including phenoxy) is 2. The van der Waals surface area contributed by atoms with Crippen LogP contribution in [0.4, 0.5) is 20.3 Å². The average Bonchev–Trinajstić information content (AvgIpc) is 2.80. The van der Waals surface area contributed by atoms with Gasteiger partial charge in [-0.1, -0.05) is 6.58 Å². The van der Waals surface area contributed by atoms with Crippen molar-refractivity contribution in [1.29, 1.82) is 0 Å². The predicted octanol–water partition coefficient (Wildman–Crippen LogP) is 3.17. The van der Waals surface area contributed by atoms with Crippen molar-refractivity contribution in [2.75, 3.05) is 23.7 Å². The summed E-state index contributed by atoms with van der Waals surface area (Å²) in [5.74, 6) is -3.19. The van der Waals surface area contributed by atoms with Crippen LogP contribution in [0, 0.1) is 11.6 Å². The van der Waals surface area contributed by atoms with Crippen LogP contribution in [0.5, 0.6) is 0 Å². The lowest BCUT2D eigenvalue weighted by atomic mass is 9.97. The number of nitrogens with two attached hydrogens (primary N) is 1. The highest BCUT2D eigenvalue weighted by molar-refractivity contribution is 7.96. The number of nitrogens with one attached hydrogen (secondary N) is 1. The van der Waals surface area contributed by atoms with E-state index in [4.69, 9.17) is 15.2 Å². The number of carbonyl (C=O) groups excluding carboxylic acids is 1. The van der Waals surface area contributed by atoms with Gasteiger partial charge in [0.2, 0.25) is 0 Å². The molecule has 8 nitrogen and oxygen atoms in total. The fourth-order valence-corrected chi connectivity index (χ4v) is 4.66. The smallest absolute Gasteiger partial charge is 0.258 e. The first kappa shape index (κ1) is 22.6. The summed E-state index contributed by atoms with van der Waals surface area (Å²) in [6.45, 7) is 4.25. The van der Waals surface area contributed by atoms with Gasteiger partial charge in [0.25, 0.3) is 10.0 Å². The maximum absolute atomic E-state index is 15.2. The fraction of sp³-hybridized carbons (Fsp3) is 0.182. The second-order valence-electron chi connectivity index (χ2n) is 7.25.